The summed E-state index contributed by atoms with van der Waals surface area (Å²) in [5.41, 5.74) is 0.808. The molecular formula is C11H13ClO2. The lowest BCUT2D eigenvalue weighted by atomic mass is 9.98. The Balaban J connectivity index is 2.35. The van der Waals surface area contributed by atoms with Gasteiger partial charge in [0.25, 0.3) is 0 Å². The van der Waals surface area contributed by atoms with Gasteiger partial charge in [-0.15, -0.1) is 0 Å². The van der Waals surface area contributed by atoms with Gasteiger partial charge in [0.05, 0.1) is 6.10 Å². The summed E-state index contributed by atoms with van der Waals surface area (Å²) in [5.74, 6) is 0.764. The van der Waals surface area contributed by atoms with Crippen molar-refractivity contribution in [3.63, 3.8) is 0 Å². The molecule has 0 spiro atoms. The third-order valence-corrected chi connectivity index (χ3v) is 2.80. The smallest absolute Gasteiger partial charge is 0.125 e. The van der Waals surface area contributed by atoms with Gasteiger partial charge in [-0.05, 0) is 24.6 Å². The fourth-order valence-corrected chi connectivity index (χ4v) is 1.92. The molecule has 0 bridgehead atoms. The maximum Gasteiger partial charge on any atom is 0.125 e. The molecule has 0 aromatic heterocycles. The largest absolute Gasteiger partial charge is 0.490 e. The fraction of sp³-hybridized carbons (Fsp3) is 0.455. The summed E-state index contributed by atoms with van der Waals surface area (Å²) in [6.45, 7) is 2.05. The molecule has 0 saturated carbocycles. The maximum atomic E-state index is 9.85. The molecule has 2 nitrogen and oxygen atoms in total. The molecule has 0 fully saturated rings. The average molecular weight is 213 g/mol. The first-order valence-corrected chi connectivity index (χ1v) is 5.22. The van der Waals surface area contributed by atoms with Crippen molar-refractivity contribution < 1.29 is 9.84 Å². The van der Waals surface area contributed by atoms with Crippen LogP contribution in [0.1, 0.15) is 31.4 Å². The van der Waals surface area contributed by atoms with Crippen LogP contribution in [0, 0.1) is 0 Å². The predicted octanol–water partition coefficient (Wildman–Crippen LogP) is 2.93. The number of hydrogen-bond donors (Lipinski definition) is 1. The van der Waals surface area contributed by atoms with Crippen LogP contribution >= 0.6 is 11.6 Å². The van der Waals surface area contributed by atoms with Crippen molar-refractivity contribution in [1.82, 2.24) is 0 Å². The van der Waals surface area contributed by atoms with Gasteiger partial charge in [-0.1, -0.05) is 18.5 Å². The van der Waals surface area contributed by atoms with Gasteiger partial charge in [-0.3, -0.25) is 0 Å². The topological polar surface area (TPSA) is 29.5 Å². The zero-order chi connectivity index (χ0) is 10.1. The van der Waals surface area contributed by atoms with E-state index in [4.69, 9.17) is 16.3 Å². The van der Waals surface area contributed by atoms with E-state index in [1.807, 2.05) is 6.07 Å². The van der Waals surface area contributed by atoms with Crippen LogP contribution in [-0.4, -0.2) is 11.2 Å². The van der Waals surface area contributed by atoms with E-state index in [1.165, 1.54) is 0 Å². The standard InChI is InChI=1S/C11H13ClO2/c1-2-8-6-10(13)9-5-7(12)3-4-11(9)14-8/h3-5,8,10,13H,2,6H2,1H3/t8?,10-/m1/s1. The molecule has 1 heterocycles. The zero-order valence-electron chi connectivity index (χ0n) is 8.03. The molecule has 0 saturated heterocycles. The number of aliphatic hydroxyl groups excluding tert-OH is 1. The summed E-state index contributed by atoms with van der Waals surface area (Å²) in [5, 5.41) is 10.5. The fourth-order valence-electron chi connectivity index (χ4n) is 1.74. The Morgan fingerprint density at radius 2 is 2.36 bits per heavy atom. The molecule has 2 rings (SSSR count). The zero-order valence-corrected chi connectivity index (χ0v) is 8.79. The monoisotopic (exact) mass is 212 g/mol. The summed E-state index contributed by atoms with van der Waals surface area (Å²) < 4.78 is 5.69. The third-order valence-electron chi connectivity index (χ3n) is 2.57. The van der Waals surface area contributed by atoms with E-state index >= 15 is 0 Å². The molecule has 14 heavy (non-hydrogen) atoms. The molecule has 76 valence electrons. The van der Waals surface area contributed by atoms with E-state index in [0.717, 1.165) is 17.7 Å². The maximum absolute atomic E-state index is 9.85. The minimum Gasteiger partial charge on any atom is -0.490 e. The van der Waals surface area contributed by atoms with Gasteiger partial charge < -0.3 is 9.84 Å². The molecule has 1 aromatic rings. The number of benzene rings is 1. The number of rotatable bonds is 1. The van der Waals surface area contributed by atoms with E-state index < -0.39 is 6.10 Å². The van der Waals surface area contributed by atoms with Crippen molar-refractivity contribution in [2.24, 2.45) is 0 Å². The van der Waals surface area contributed by atoms with Gasteiger partial charge in [-0.25, -0.2) is 0 Å². The normalized spacial score (nSPS) is 25.4. The van der Waals surface area contributed by atoms with Crippen molar-refractivity contribution in [2.75, 3.05) is 0 Å². The first kappa shape index (κ1) is 9.81. The van der Waals surface area contributed by atoms with Crippen LogP contribution in [0.3, 0.4) is 0 Å². The summed E-state index contributed by atoms with van der Waals surface area (Å²) in [7, 11) is 0. The Morgan fingerprint density at radius 3 is 3.07 bits per heavy atom. The number of aliphatic hydroxyl groups is 1. The van der Waals surface area contributed by atoms with Crippen molar-refractivity contribution in [3.8, 4) is 5.75 Å². The Labute approximate surface area is 88.5 Å². The van der Waals surface area contributed by atoms with Crippen LogP contribution in [0.5, 0.6) is 5.75 Å². The highest BCUT2D eigenvalue weighted by atomic mass is 35.5. The van der Waals surface area contributed by atoms with Gasteiger partial charge >= 0.3 is 0 Å². The molecule has 1 aromatic carbocycles. The Kier molecular flexibility index (Phi) is 2.66. The van der Waals surface area contributed by atoms with Crippen molar-refractivity contribution >= 4 is 11.6 Å². The first-order chi connectivity index (χ1) is 6.70. The predicted molar refractivity (Wildman–Crippen MR) is 55.7 cm³/mol. The molecule has 1 aliphatic rings. The van der Waals surface area contributed by atoms with Crippen molar-refractivity contribution in [2.45, 2.75) is 32.0 Å². The second-order valence-electron chi connectivity index (χ2n) is 3.58. The number of fused-ring (bicyclic) bond motifs is 1. The quantitative estimate of drug-likeness (QED) is 0.776. The highest BCUT2D eigenvalue weighted by molar-refractivity contribution is 6.30. The van der Waals surface area contributed by atoms with Crippen LogP contribution in [0.25, 0.3) is 0 Å². The number of hydrogen-bond acceptors (Lipinski definition) is 2. The average Bonchev–Trinajstić information content (AvgIpc) is 2.19. The molecule has 2 atom stereocenters. The van der Waals surface area contributed by atoms with Crippen LogP contribution in [-0.2, 0) is 0 Å². The molecule has 1 unspecified atom stereocenters. The first-order valence-electron chi connectivity index (χ1n) is 4.85. The summed E-state index contributed by atoms with van der Waals surface area (Å²) in [4.78, 5) is 0. The molecule has 1 aliphatic heterocycles. The summed E-state index contributed by atoms with van der Waals surface area (Å²) in [6, 6.07) is 5.38. The summed E-state index contributed by atoms with van der Waals surface area (Å²) >= 11 is 5.85. The summed E-state index contributed by atoms with van der Waals surface area (Å²) in [6.07, 6.45) is 1.25. The van der Waals surface area contributed by atoms with Gasteiger partial charge in [0, 0.05) is 17.0 Å². The van der Waals surface area contributed by atoms with Crippen molar-refractivity contribution in [3.05, 3.63) is 28.8 Å². The highest BCUT2D eigenvalue weighted by Crippen LogP contribution is 2.36. The minimum absolute atomic E-state index is 0.124. The van der Waals surface area contributed by atoms with E-state index in [1.54, 1.807) is 12.1 Å². The molecule has 0 amide bonds. The van der Waals surface area contributed by atoms with Gasteiger partial charge in [0.1, 0.15) is 11.9 Å². The molecule has 0 aliphatic carbocycles. The lowest BCUT2D eigenvalue weighted by Gasteiger charge is -2.29. The third kappa shape index (κ3) is 1.72. The lowest BCUT2D eigenvalue weighted by Crippen LogP contribution is -2.24. The van der Waals surface area contributed by atoms with Crippen LogP contribution in [0.2, 0.25) is 5.02 Å². The van der Waals surface area contributed by atoms with Crippen LogP contribution in [0.4, 0.5) is 0 Å². The SMILES string of the molecule is CCC1C[C@@H](O)c2cc(Cl)ccc2O1. The van der Waals surface area contributed by atoms with Crippen molar-refractivity contribution in [1.29, 1.82) is 0 Å². The van der Waals surface area contributed by atoms with Crippen LogP contribution in [0.15, 0.2) is 18.2 Å². The van der Waals surface area contributed by atoms with Crippen LogP contribution < -0.4 is 4.74 Å². The lowest BCUT2D eigenvalue weighted by molar-refractivity contribution is 0.0643. The molecule has 0 radical (unpaired) electrons. The molecule has 1 N–H and O–H groups in total. The highest BCUT2D eigenvalue weighted by Gasteiger charge is 2.25. The van der Waals surface area contributed by atoms with Gasteiger partial charge in [-0.2, -0.15) is 0 Å². The Bertz CT molecular complexity index is 338. The van der Waals surface area contributed by atoms with Gasteiger partial charge in [0.2, 0.25) is 0 Å². The van der Waals surface area contributed by atoms with E-state index in [2.05, 4.69) is 6.92 Å². The number of halogens is 1. The van der Waals surface area contributed by atoms with E-state index in [0.29, 0.717) is 11.4 Å². The Morgan fingerprint density at radius 1 is 1.57 bits per heavy atom. The second-order valence-corrected chi connectivity index (χ2v) is 4.02. The second kappa shape index (κ2) is 3.79. The minimum atomic E-state index is -0.442. The van der Waals surface area contributed by atoms with Gasteiger partial charge in [0.15, 0.2) is 0 Å². The van der Waals surface area contributed by atoms with E-state index in [-0.39, 0.29) is 6.10 Å². The molecule has 3 heteroatoms. The van der Waals surface area contributed by atoms with E-state index in [9.17, 15) is 5.11 Å². The molecular weight excluding hydrogens is 200 g/mol. The Hall–Kier alpha value is -0.730. The number of ether oxygens (including phenoxy) is 1.